The number of H-pyrrole nitrogens is 1. The number of nitrogens with one attached hydrogen (secondary N) is 1. The largest absolute Gasteiger partial charge is 0.508 e. The molecule has 2 aliphatic carbocycles. The van der Waals surface area contributed by atoms with E-state index in [0.717, 1.165) is 29.8 Å². The third kappa shape index (κ3) is 2.72. The van der Waals surface area contributed by atoms with Gasteiger partial charge in [0.1, 0.15) is 5.76 Å². The highest BCUT2D eigenvalue weighted by molar-refractivity contribution is 6.31. The van der Waals surface area contributed by atoms with Gasteiger partial charge in [0.25, 0.3) is 0 Å². The molecule has 3 heteroatoms. The van der Waals surface area contributed by atoms with Crippen molar-refractivity contribution in [2.24, 2.45) is 5.92 Å². The summed E-state index contributed by atoms with van der Waals surface area (Å²) in [6, 6.07) is 14.8. The van der Waals surface area contributed by atoms with Crippen molar-refractivity contribution in [3.05, 3.63) is 94.4 Å². The second kappa shape index (κ2) is 6.47. The van der Waals surface area contributed by atoms with Gasteiger partial charge in [-0.05, 0) is 77.5 Å². The Morgan fingerprint density at radius 1 is 1.00 bits per heavy atom. The molecule has 0 spiro atoms. The van der Waals surface area contributed by atoms with Crippen LogP contribution in [0.4, 0.5) is 0 Å². The van der Waals surface area contributed by atoms with Gasteiger partial charge >= 0.3 is 0 Å². The van der Waals surface area contributed by atoms with Gasteiger partial charge in [0.2, 0.25) is 0 Å². The quantitative estimate of drug-likeness (QED) is 0.515. The highest BCUT2D eigenvalue weighted by atomic mass is 35.5. The number of fused-ring (bicyclic) bond motifs is 2. The normalized spacial score (nSPS) is 19.3. The van der Waals surface area contributed by atoms with E-state index >= 15 is 0 Å². The SMILES string of the molecule is OC1=CCC(C2=C(c3cccc4[nH]ccc34)CCc3c(Cl)cccc32)C=C1. The number of hydrogen-bond donors (Lipinski definition) is 2. The van der Waals surface area contributed by atoms with Crippen LogP contribution in [0.25, 0.3) is 22.0 Å². The van der Waals surface area contributed by atoms with Crippen molar-refractivity contribution in [1.29, 1.82) is 0 Å². The molecule has 0 saturated carbocycles. The molecule has 0 amide bonds. The summed E-state index contributed by atoms with van der Waals surface area (Å²) in [6.07, 6.45) is 10.6. The molecule has 2 N–H and O–H groups in total. The predicted octanol–water partition coefficient (Wildman–Crippen LogP) is 6.70. The minimum Gasteiger partial charge on any atom is -0.508 e. The summed E-state index contributed by atoms with van der Waals surface area (Å²) in [5.74, 6) is 0.589. The number of hydrogen-bond acceptors (Lipinski definition) is 1. The molecule has 0 aliphatic heterocycles. The summed E-state index contributed by atoms with van der Waals surface area (Å²) >= 11 is 6.54. The molecule has 1 heterocycles. The summed E-state index contributed by atoms with van der Waals surface area (Å²) in [6.45, 7) is 0. The zero-order valence-electron chi connectivity index (χ0n) is 14.9. The summed E-state index contributed by atoms with van der Waals surface area (Å²) in [7, 11) is 0. The van der Waals surface area contributed by atoms with Crippen LogP contribution in [0.5, 0.6) is 0 Å². The molecule has 1 unspecified atom stereocenters. The maximum absolute atomic E-state index is 9.79. The van der Waals surface area contributed by atoms with Crippen molar-refractivity contribution in [3.63, 3.8) is 0 Å². The third-order valence-electron chi connectivity index (χ3n) is 5.73. The average Bonchev–Trinajstić information content (AvgIpc) is 3.17. The lowest BCUT2D eigenvalue weighted by atomic mass is 9.75. The average molecular weight is 374 g/mol. The number of aromatic amines is 1. The summed E-state index contributed by atoms with van der Waals surface area (Å²) in [5, 5.41) is 11.9. The summed E-state index contributed by atoms with van der Waals surface area (Å²) in [5.41, 5.74) is 7.67. The Morgan fingerprint density at radius 2 is 1.85 bits per heavy atom. The van der Waals surface area contributed by atoms with Crippen molar-refractivity contribution in [1.82, 2.24) is 4.98 Å². The van der Waals surface area contributed by atoms with Crippen LogP contribution in [-0.2, 0) is 6.42 Å². The predicted molar refractivity (Wildman–Crippen MR) is 113 cm³/mol. The fourth-order valence-corrected chi connectivity index (χ4v) is 4.76. The number of aliphatic hydroxyl groups is 1. The van der Waals surface area contributed by atoms with Crippen LogP contribution < -0.4 is 0 Å². The molecule has 0 bridgehead atoms. The lowest BCUT2D eigenvalue weighted by Crippen LogP contribution is -2.13. The first-order valence-electron chi connectivity index (χ1n) is 9.37. The highest BCUT2D eigenvalue weighted by Gasteiger charge is 2.27. The molecule has 134 valence electrons. The number of rotatable bonds is 2. The van der Waals surface area contributed by atoms with Crippen LogP contribution in [0.3, 0.4) is 0 Å². The first-order valence-corrected chi connectivity index (χ1v) is 9.75. The van der Waals surface area contributed by atoms with Gasteiger partial charge in [0.15, 0.2) is 0 Å². The van der Waals surface area contributed by atoms with E-state index in [9.17, 15) is 5.11 Å². The van der Waals surface area contributed by atoms with Crippen molar-refractivity contribution in [2.75, 3.05) is 0 Å². The molecular weight excluding hydrogens is 354 g/mol. The van der Waals surface area contributed by atoms with Crippen LogP contribution in [0.15, 0.2) is 72.6 Å². The van der Waals surface area contributed by atoms with Gasteiger partial charge in [0, 0.05) is 28.0 Å². The van der Waals surface area contributed by atoms with Crippen molar-refractivity contribution in [3.8, 4) is 0 Å². The van der Waals surface area contributed by atoms with Gasteiger partial charge in [-0.3, -0.25) is 0 Å². The fraction of sp³-hybridized carbons (Fsp3) is 0.167. The van der Waals surface area contributed by atoms with Gasteiger partial charge in [0.05, 0.1) is 0 Å². The van der Waals surface area contributed by atoms with Crippen LogP contribution >= 0.6 is 11.6 Å². The summed E-state index contributed by atoms with van der Waals surface area (Å²) in [4.78, 5) is 3.33. The molecule has 0 saturated heterocycles. The molecule has 3 aromatic rings. The van der Waals surface area contributed by atoms with Crippen LogP contribution in [0, 0.1) is 5.92 Å². The summed E-state index contributed by atoms with van der Waals surface area (Å²) < 4.78 is 0. The topological polar surface area (TPSA) is 36.0 Å². The maximum atomic E-state index is 9.79. The Balaban J connectivity index is 1.78. The second-order valence-electron chi connectivity index (χ2n) is 7.23. The van der Waals surface area contributed by atoms with E-state index in [0.29, 0.717) is 5.76 Å². The number of benzene rings is 2. The molecule has 1 atom stereocenters. The molecule has 0 fully saturated rings. The first kappa shape index (κ1) is 16.5. The van der Waals surface area contributed by atoms with E-state index in [1.54, 1.807) is 0 Å². The first-order chi connectivity index (χ1) is 13.2. The third-order valence-corrected chi connectivity index (χ3v) is 6.08. The number of aromatic nitrogens is 1. The maximum Gasteiger partial charge on any atom is 0.111 e. The van der Waals surface area contributed by atoms with E-state index in [1.165, 1.54) is 33.2 Å². The lowest BCUT2D eigenvalue weighted by molar-refractivity contribution is 0.424. The molecule has 27 heavy (non-hydrogen) atoms. The van der Waals surface area contributed by atoms with Crippen molar-refractivity contribution < 1.29 is 5.11 Å². The van der Waals surface area contributed by atoms with Crippen LogP contribution in [-0.4, -0.2) is 10.1 Å². The van der Waals surface area contributed by atoms with E-state index in [2.05, 4.69) is 41.4 Å². The van der Waals surface area contributed by atoms with E-state index < -0.39 is 0 Å². The van der Waals surface area contributed by atoms with Crippen molar-refractivity contribution >= 4 is 33.7 Å². The highest BCUT2D eigenvalue weighted by Crippen LogP contribution is 2.46. The van der Waals surface area contributed by atoms with Gasteiger partial charge in [-0.15, -0.1) is 0 Å². The minimum absolute atomic E-state index is 0.239. The molecule has 1 aromatic heterocycles. The Bertz CT molecular complexity index is 1130. The van der Waals surface area contributed by atoms with Gasteiger partial charge in [-0.25, -0.2) is 0 Å². The molecule has 2 aliphatic rings. The Morgan fingerprint density at radius 3 is 2.70 bits per heavy atom. The van der Waals surface area contributed by atoms with E-state index in [-0.39, 0.29) is 5.92 Å². The second-order valence-corrected chi connectivity index (χ2v) is 7.64. The van der Waals surface area contributed by atoms with E-state index in [4.69, 9.17) is 11.6 Å². The zero-order valence-corrected chi connectivity index (χ0v) is 15.6. The fourth-order valence-electron chi connectivity index (χ4n) is 4.49. The lowest BCUT2D eigenvalue weighted by Gasteiger charge is -2.30. The Hall–Kier alpha value is -2.71. The molecule has 0 radical (unpaired) electrons. The van der Waals surface area contributed by atoms with Gasteiger partial charge < -0.3 is 10.1 Å². The molecular formula is C24H20ClNO. The Labute approximate surface area is 163 Å². The molecule has 5 rings (SSSR count). The zero-order chi connectivity index (χ0) is 18.4. The van der Waals surface area contributed by atoms with Crippen LogP contribution in [0.1, 0.15) is 29.5 Å². The number of halogens is 1. The van der Waals surface area contributed by atoms with Crippen molar-refractivity contribution in [2.45, 2.75) is 19.3 Å². The van der Waals surface area contributed by atoms with E-state index in [1.807, 2.05) is 30.5 Å². The molecule has 2 aromatic carbocycles. The Kier molecular flexibility index (Phi) is 3.95. The number of aliphatic hydroxyl groups excluding tert-OH is 1. The van der Waals surface area contributed by atoms with Gasteiger partial charge in [-0.1, -0.05) is 41.9 Å². The standard InChI is InChI=1S/C24H20ClNO/c25-22-5-1-4-20-18(22)11-12-21(24(20)15-7-9-16(27)10-8-15)17-3-2-6-23-19(17)13-14-26-23/h1-7,9-10,13-15,26-27H,8,11-12H2. The van der Waals surface area contributed by atoms with Crippen LogP contribution in [0.2, 0.25) is 5.02 Å². The molecule has 2 nitrogen and oxygen atoms in total. The van der Waals surface area contributed by atoms with Gasteiger partial charge in [-0.2, -0.15) is 0 Å². The smallest absolute Gasteiger partial charge is 0.111 e. The number of allylic oxidation sites excluding steroid dienone is 5. The monoisotopic (exact) mass is 373 g/mol. The minimum atomic E-state index is 0.239.